The third-order valence-corrected chi connectivity index (χ3v) is 4.52. The molecule has 3 aromatic rings. The number of anilines is 1. The maximum atomic E-state index is 12.2. The van der Waals surface area contributed by atoms with Crippen LogP contribution in [-0.2, 0) is 0 Å². The Bertz CT molecular complexity index is 827. The lowest BCUT2D eigenvalue weighted by Crippen LogP contribution is -2.47. The predicted molar refractivity (Wildman–Crippen MR) is 90.5 cm³/mol. The van der Waals surface area contributed by atoms with Crippen LogP contribution in [-0.4, -0.2) is 22.3 Å². The molecule has 5 heteroatoms. The highest BCUT2D eigenvalue weighted by Crippen LogP contribution is 2.36. The molecule has 116 valence electrons. The van der Waals surface area contributed by atoms with E-state index in [0.29, 0.717) is 5.92 Å². The van der Waals surface area contributed by atoms with Gasteiger partial charge in [-0.25, -0.2) is 4.79 Å². The summed E-state index contributed by atoms with van der Waals surface area (Å²) in [4.78, 5) is 12.2. The molecule has 0 saturated heterocycles. The molecule has 2 atom stereocenters. The van der Waals surface area contributed by atoms with E-state index in [0.717, 1.165) is 29.4 Å². The second kappa shape index (κ2) is 5.76. The fourth-order valence-electron chi connectivity index (χ4n) is 3.13. The highest BCUT2D eigenvalue weighted by Gasteiger charge is 2.33. The number of H-pyrrole nitrogens is 1. The zero-order valence-electron chi connectivity index (χ0n) is 12.6. The molecule has 0 aliphatic heterocycles. The number of aromatic nitrogens is 2. The number of urea groups is 1. The third-order valence-electron chi connectivity index (χ3n) is 4.52. The number of fused-ring (bicyclic) bond motifs is 1. The molecular weight excluding hydrogens is 288 g/mol. The number of nitrogens with one attached hydrogen (secondary N) is 3. The van der Waals surface area contributed by atoms with Gasteiger partial charge in [0, 0.05) is 23.0 Å². The Hall–Kier alpha value is -2.82. The summed E-state index contributed by atoms with van der Waals surface area (Å²) in [5.41, 5.74) is 3.02. The minimum Gasteiger partial charge on any atom is -0.335 e. The van der Waals surface area contributed by atoms with Crippen LogP contribution in [0.2, 0.25) is 0 Å². The van der Waals surface area contributed by atoms with Crippen LogP contribution in [0.15, 0.2) is 54.7 Å². The van der Waals surface area contributed by atoms with Crippen LogP contribution in [0.1, 0.15) is 24.3 Å². The number of benzene rings is 2. The molecule has 2 aromatic carbocycles. The number of rotatable bonds is 3. The molecule has 5 nitrogen and oxygen atoms in total. The van der Waals surface area contributed by atoms with E-state index >= 15 is 0 Å². The predicted octanol–water partition coefficient (Wildman–Crippen LogP) is 3.63. The van der Waals surface area contributed by atoms with Gasteiger partial charge in [-0.05, 0) is 36.6 Å². The van der Waals surface area contributed by atoms with Crippen LogP contribution >= 0.6 is 0 Å². The fraction of sp³-hybridized carbons (Fsp3) is 0.222. The Labute approximate surface area is 134 Å². The smallest absolute Gasteiger partial charge is 0.319 e. The van der Waals surface area contributed by atoms with Gasteiger partial charge in [0.2, 0.25) is 0 Å². The summed E-state index contributed by atoms with van der Waals surface area (Å²) in [6.07, 6.45) is 3.89. The van der Waals surface area contributed by atoms with Crippen LogP contribution in [0, 0.1) is 0 Å². The monoisotopic (exact) mass is 306 g/mol. The Balaban J connectivity index is 1.40. The second-order valence-electron chi connectivity index (χ2n) is 5.97. The minimum absolute atomic E-state index is 0.154. The zero-order valence-corrected chi connectivity index (χ0v) is 12.6. The molecule has 0 spiro atoms. The van der Waals surface area contributed by atoms with Crippen LogP contribution < -0.4 is 10.6 Å². The molecule has 0 radical (unpaired) electrons. The maximum absolute atomic E-state index is 12.2. The van der Waals surface area contributed by atoms with Crippen molar-refractivity contribution in [3.05, 3.63) is 60.3 Å². The van der Waals surface area contributed by atoms with Gasteiger partial charge in [-0.2, -0.15) is 5.10 Å². The Morgan fingerprint density at radius 2 is 2.00 bits per heavy atom. The topological polar surface area (TPSA) is 69.8 Å². The fourth-order valence-corrected chi connectivity index (χ4v) is 3.13. The van der Waals surface area contributed by atoms with Gasteiger partial charge in [0.25, 0.3) is 0 Å². The summed E-state index contributed by atoms with van der Waals surface area (Å²) in [6.45, 7) is 0. The van der Waals surface area contributed by atoms with Gasteiger partial charge in [0.1, 0.15) is 0 Å². The molecule has 1 aliphatic carbocycles. The summed E-state index contributed by atoms with van der Waals surface area (Å²) in [7, 11) is 0. The molecule has 4 rings (SSSR count). The first kappa shape index (κ1) is 13.8. The number of hydrogen-bond acceptors (Lipinski definition) is 2. The van der Waals surface area contributed by atoms with Crippen LogP contribution in [0.25, 0.3) is 10.9 Å². The van der Waals surface area contributed by atoms with E-state index in [1.807, 2.05) is 36.4 Å². The summed E-state index contributed by atoms with van der Waals surface area (Å²) in [6, 6.07) is 16.1. The summed E-state index contributed by atoms with van der Waals surface area (Å²) >= 11 is 0. The van der Waals surface area contributed by atoms with Crippen LogP contribution in [0.5, 0.6) is 0 Å². The highest BCUT2D eigenvalue weighted by molar-refractivity contribution is 5.92. The normalized spacial score (nSPS) is 20.0. The Morgan fingerprint density at radius 3 is 2.78 bits per heavy atom. The molecule has 2 unspecified atom stereocenters. The van der Waals surface area contributed by atoms with Crippen molar-refractivity contribution in [1.82, 2.24) is 15.5 Å². The molecular formula is C18H18N4O. The summed E-state index contributed by atoms with van der Waals surface area (Å²) in [5.74, 6) is 0.415. The van der Waals surface area contributed by atoms with Crippen molar-refractivity contribution < 1.29 is 4.79 Å². The zero-order chi connectivity index (χ0) is 15.6. The molecule has 2 amide bonds. The van der Waals surface area contributed by atoms with E-state index in [1.54, 1.807) is 6.20 Å². The Kier molecular flexibility index (Phi) is 3.46. The highest BCUT2D eigenvalue weighted by atomic mass is 16.2. The van der Waals surface area contributed by atoms with E-state index in [-0.39, 0.29) is 12.1 Å². The van der Waals surface area contributed by atoms with Gasteiger partial charge in [-0.15, -0.1) is 0 Å². The second-order valence-corrected chi connectivity index (χ2v) is 5.97. The lowest BCUT2D eigenvalue weighted by Gasteiger charge is -2.37. The van der Waals surface area contributed by atoms with Gasteiger partial charge in [-0.1, -0.05) is 30.3 Å². The molecule has 3 N–H and O–H groups in total. The average Bonchev–Trinajstić information content (AvgIpc) is 3.00. The molecule has 1 fully saturated rings. The quantitative estimate of drug-likeness (QED) is 0.691. The van der Waals surface area contributed by atoms with Gasteiger partial charge >= 0.3 is 6.03 Å². The van der Waals surface area contributed by atoms with Gasteiger partial charge in [0.05, 0.1) is 11.7 Å². The SMILES string of the molecule is O=C(Nc1ccc2[nH]ncc2c1)NC1CCC1c1ccccc1. The van der Waals surface area contributed by atoms with Crippen molar-refractivity contribution >= 4 is 22.6 Å². The lowest BCUT2D eigenvalue weighted by atomic mass is 9.75. The number of carbonyl (C=O) groups excluding carboxylic acids is 1. The molecule has 0 bridgehead atoms. The van der Waals surface area contributed by atoms with Gasteiger partial charge in [-0.3, -0.25) is 5.10 Å². The number of hydrogen-bond donors (Lipinski definition) is 3. The van der Waals surface area contributed by atoms with E-state index in [4.69, 9.17) is 0 Å². The molecule has 1 aliphatic rings. The number of aromatic amines is 1. The van der Waals surface area contributed by atoms with Gasteiger partial charge < -0.3 is 10.6 Å². The first-order valence-electron chi connectivity index (χ1n) is 7.85. The standard InChI is InChI=1S/C18H18N4O/c23-18(20-14-6-8-16-13(10-14)11-19-22-16)21-17-9-7-15(17)12-4-2-1-3-5-12/h1-6,8,10-11,15,17H,7,9H2,(H,19,22)(H2,20,21,23). The number of amides is 2. The molecule has 1 aromatic heterocycles. The van der Waals surface area contributed by atoms with Crippen molar-refractivity contribution in [3.63, 3.8) is 0 Å². The molecule has 1 heterocycles. The maximum Gasteiger partial charge on any atom is 0.319 e. The van der Waals surface area contributed by atoms with E-state index in [1.165, 1.54) is 5.56 Å². The minimum atomic E-state index is -0.154. The first-order valence-corrected chi connectivity index (χ1v) is 7.85. The van der Waals surface area contributed by atoms with Crippen LogP contribution in [0.3, 0.4) is 0 Å². The van der Waals surface area contributed by atoms with E-state index in [2.05, 4.69) is 33.0 Å². The average molecular weight is 306 g/mol. The summed E-state index contributed by atoms with van der Waals surface area (Å²) < 4.78 is 0. The van der Waals surface area contributed by atoms with Crippen LogP contribution in [0.4, 0.5) is 10.5 Å². The molecule has 1 saturated carbocycles. The molecule has 23 heavy (non-hydrogen) atoms. The third kappa shape index (κ3) is 2.77. The van der Waals surface area contributed by atoms with E-state index in [9.17, 15) is 4.79 Å². The largest absolute Gasteiger partial charge is 0.335 e. The summed E-state index contributed by atoms with van der Waals surface area (Å²) in [5, 5.41) is 13.8. The van der Waals surface area contributed by atoms with Crippen molar-refractivity contribution in [3.8, 4) is 0 Å². The van der Waals surface area contributed by atoms with E-state index < -0.39 is 0 Å². The number of nitrogens with zero attached hydrogens (tertiary/aromatic N) is 1. The van der Waals surface area contributed by atoms with Crippen molar-refractivity contribution in [2.75, 3.05) is 5.32 Å². The first-order chi connectivity index (χ1) is 11.3. The van der Waals surface area contributed by atoms with Gasteiger partial charge in [0.15, 0.2) is 0 Å². The van der Waals surface area contributed by atoms with Crippen molar-refractivity contribution in [2.45, 2.75) is 24.8 Å². The number of carbonyl (C=O) groups is 1. The van der Waals surface area contributed by atoms with Crippen molar-refractivity contribution in [1.29, 1.82) is 0 Å². The Morgan fingerprint density at radius 1 is 1.13 bits per heavy atom. The lowest BCUT2D eigenvalue weighted by molar-refractivity contribution is 0.231. The van der Waals surface area contributed by atoms with Crippen molar-refractivity contribution in [2.24, 2.45) is 0 Å².